The monoisotopic (exact) mass is 284 g/mol. The second-order valence-corrected chi connectivity index (χ2v) is 4.58. The van der Waals surface area contributed by atoms with E-state index < -0.39 is 4.92 Å². The van der Waals surface area contributed by atoms with Crippen LogP contribution in [0.15, 0.2) is 41.1 Å². The first-order valence-electron chi connectivity index (χ1n) is 6.32. The van der Waals surface area contributed by atoms with Gasteiger partial charge < -0.3 is 9.73 Å². The predicted molar refractivity (Wildman–Crippen MR) is 77.0 cm³/mol. The Bertz CT molecular complexity index is 813. The van der Waals surface area contributed by atoms with E-state index in [1.807, 2.05) is 13.0 Å². The summed E-state index contributed by atoms with van der Waals surface area (Å²) in [6.07, 6.45) is 3.51. The molecule has 0 bridgehead atoms. The van der Waals surface area contributed by atoms with Crippen LogP contribution in [0.25, 0.3) is 11.1 Å². The summed E-state index contributed by atoms with van der Waals surface area (Å²) >= 11 is 0. The summed E-state index contributed by atoms with van der Waals surface area (Å²) in [6.45, 7) is 2.52. The molecule has 2 heterocycles. The highest BCUT2D eigenvalue weighted by molar-refractivity contribution is 5.77. The Balaban J connectivity index is 1.82. The topological polar surface area (TPSA) is 94.1 Å². The third kappa shape index (κ3) is 2.66. The molecule has 0 spiro atoms. The zero-order chi connectivity index (χ0) is 14.8. The molecular formula is C14H12N4O3. The Morgan fingerprint density at radius 2 is 2.24 bits per heavy atom. The molecule has 0 aliphatic rings. The molecule has 0 radical (unpaired) electrons. The van der Waals surface area contributed by atoms with Gasteiger partial charge in [-0.2, -0.15) is 4.98 Å². The summed E-state index contributed by atoms with van der Waals surface area (Å²) in [5, 5.41) is 13.8. The van der Waals surface area contributed by atoms with Gasteiger partial charge in [-0.05, 0) is 30.2 Å². The van der Waals surface area contributed by atoms with Crippen molar-refractivity contribution >= 4 is 22.8 Å². The third-order valence-corrected chi connectivity index (χ3v) is 3.15. The minimum atomic E-state index is -0.457. The Morgan fingerprint density at radius 3 is 3.00 bits per heavy atom. The molecule has 0 saturated carbocycles. The van der Waals surface area contributed by atoms with Gasteiger partial charge in [-0.3, -0.25) is 15.1 Å². The Hall–Kier alpha value is -2.96. The molecule has 0 amide bonds. The van der Waals surface area contributed by atoms with Crippen LogP contribution in [0.5, 0.6) is 0 Å². The number of pyridine rings is 1. The highest BCUT2D eigenvalue weighted by Gasteiger charge is 2.11. The van der Waals surface area contributed by atoms with E-state index in [-0.39, 0.29) is 5.69 Å². The molecule has 0 saturated heterocycles. The molecule has 7 nitrogen and oxygen atoms in total. The molecule has 3 aromatic rings. The lowest BCUT2D eigenvalue weighted by Gasteiger charge is -2.04. The van der Waals surface area contributed by atoms with E-state index in [0.29, 0.717) is 23.7 Å². The van der Waals surface area contributed by atoms with Crippen molar-refractivity contribution in [3.63, 3.8) is 0 Å². The van der Waals surface area contributed by atoms with Crippen molar-refractivity contribution in [3.05, 3.63) is 57.9 Å². The van der Waals surface area contributed by atoms with Gasteiger partial charge in [-0.25, -0.2) is 0 Å². The Morgan fingerprint density at radius 1 is 1.38 bits per heavy atom. The number of nitro groups is 1. The first kappa shape index (κ1) is 13.0. The van der Waals surface area contributed by atoms with Crippen LogP contribution in [0.1, 0.15) is 11.1 Å². The number of nitrogens with one attached hydrogen (secondary N) is 1. The van der Waals surface area contributed by atoms with E-state index in [4.69, 9.17) is 4.42 Å². The van der Waals surface area contributed by atoms with Crippen LogP contribution in [0.2, 0.25) is 0 Å². The molecule has 7 heteroatoms. The van der Waals surface area contributed by atoms with E-state index in [2.05, 4.69) is 15.3 Å². The molecule has 2 aromatic heterocycles. The van der Waals surface area contributed by atoms with Gasteiger partial charge in [0.2, 0.25) is 0 Å². The maximum atomic E-state index is 10.7. The van der Waals surface area contributed by atoms with Gasteiger partial charge >= 0.3 is 0 Å². The molecular weight excluding hydrogens is 272 g/mol. The summed E-state index contributed by atoms with van der Waals surface area (Å²) < 4.78 is 5.50. The summed E-state index contributed by atoms with van der Waals surface area (Å²) in [5.74, 6) is 0. The minimum Gasteiger partial charge on any atom is -0.424 e. The second kappa shape index (κ2) is 5.20. The smallest absolute Gasteiger partial charge is 0.295 e. The van der Waals surface area contributed by atoms with Crippen molar-refractivity contribution in [2.24, 2.45) is 0 Å². The van der Waals surface area contributed by atoms with E-state index in [1.54, 1.807) is 18.5 Å². The number of hydrogen-bond donors (Lipinski definition) is 1. The number of non-ortho nitro benzene ring substituents is 1. The number of oxazole rings is 1. The van der Waals surface area contributed by atoms with Crippen LogP contribution < -0.4 is 5.32 Å². The summed E-state index contributed by atoms with van der Waals surface area (Å²) in [6, 6.07) is 6.58. The van der Waals surface area contributed by atoms with Crippen molar-refractivity contribution < 1.29 is 9.34 Å². The van der Waals surface area contributed by atoms with Crippen LogP contribution in [0.4, 0.5) is 11.7 Å². The number of anilines is 1. The molecule has 0 aliphatic carbocycles. The number of fused-ring (bicyclic) bond motifs is 1. The quantitative estimate of drug-likeness (QED) is 0.584. The first-order valence-corrected chi connectivity index (χ1v) is 6.32. The Kier molecular flexibility index (Phi) is 3.23. The lowest BCUT2D eigenvalue weighted by atomic mass is 10.2. The van der Waals surface area contributed by atoms with Gasteiger partial charge in [0, 0.05) is 31.1 Å². The fraction of sp³-hybridized carbons (Fsp3) is 0.143. The number of aryl methyl sites for hydroxylation is 1. The van der Waals surface area contributed by atoms with Gasteiger partial charge in [0.1, 0.15) is 5.52 Å². The van der Waals surface area contributed by atoms with Crippen LogP contribution in [-0.4, -0.2) is 14.9 Å². The number of rotatable bonds is 4. The highest BCUT2D eigenvalue weighted by Crippen LogP contribution is 2.23. The van der Waals surface area contributed by atoms with Crippen LogP contribution in [0, 0.1) is 17.0 Å². The zero-order valence-corrected chi connectivity index (χ0v) is 11.2. The molecule has 0 aliphatic heterocycles. The predicted octanol–water partition coefficient (Wildman–Crippen LogP) is 3.05. The molecule has 1 N–H and O–H groups in total. The summed E-state index contributed by atoms with van der Waals surface area (Å²) in [4.78, 5) is 18.5. The number of benzene rings is 1. The largest absolute Gasteiger partial charge is 0.424 e. The number of nitro benzene ring substituents is 1. The Labute approximate surface area is 119 Å². The molecule has 0 fully saturated rings. The average molecular weight is 284 g/mol. The first-order chi connectivity index (χ1) is 10.1. The highest BCUT2D eigenvalue weighted by atomic mass is 16.6. The van der Waals surface area contributed by atoms with Crippen molar-refractivity contribution in [1.82, 2.24) is 9.97 Å². The van der Waals surface area contributed by atoms with Crippen molar-refractivity contribution in [1.29, 1.82) is 0 Å². The van der Waals surface area contributed by atoms with Gasteiger partial charge in [0.25, 0.3) is 11.7 Å². The van der Waals surface area contributed by atoms with Gasteiger partial charge in [-0.15, -0.1) is 0 Å². The maximum Gasteiger partial charge on any atom is 0.295 e. The van der Waals surface area contributed by atoms with Crippen molar-refractivity contribution in [2.45, 2.75) is 13.5 Å². The molecule has 21 heavy (non-hydrogen) atoms. The normalized spacial score (nSPS) is 10.7. The van der Waals surface area contributed by atoms with E-state index in [1.165, 1.54) is 12.1 Å². The molecule has 3 rings (SSSR count). The fourth-order valence-electron chi connectivity index (χ4n) is 1.98. The number of nitrogens with zero attached hydrogens (tertiary/aromatic N) is 3. The standard InChI is InChI=1S/C14H12N4O3/c1-9-7-15-5-4-10(9)8-16-14-17-12-6-11(18(19)20)2-3-13(12)21-14/h2-7H,8H2,1H3,(H,16,17). The van der Waals surface area contributed by atoms with Crippen LogP contribution >= 0.6 is 0 Å². The summed E-state index contributed by atoms with van der Waals surface area (Å²) in [7, 11) is 0. The maximum absolute atomic E-state index is 10.7. The average Bonchev–Trinajstić information content (AvgIpc) is 2.88. The lowest BCUT2D eigenvalue weighted by molar-refractivity contribution is -0.384. The van der Waals surface area contributed by atoms with Crippen molar-refractivity contribution in [2.75, 3.05) is 5.32 Å². The third-order valence-electron chi connectivity index (χ3n) is 3.15. The van der Waals surface area contributed by atoms with Gasteiger partial charge in [-0.1, -0.05) is 0 Å². The van der Waals surface area contributed by atoms with Crippen LogP contribution in [-0.2, 0) is 6.54 Å². The molecule has 0 unspecified atom stereocenters. The SMILES string of the molecule is Cc1cnccc1CNc1nc2cc([N+](=O)[O-])ccc2o1. The zero-order valence-electron chi connectivity index (χ0n) is 11.2. The second-order valence-electron chi connectivity index (χ2n) is 4.58. The van der Waals surface area contributed by atoms with Crippen LogP contribution in [0.3, 0.4) is 0 Å². The number of aromatic nitrogens is 2. The molecule has 1 aromatic carbocycles. The van der Waals surface area contributed by atoms with E-state index in [9.17, 15) is 10.1 Å². The molecule has 0 atom stereocenters. The van der Waals surface area contributed by atoms with Gasteiger partial charge in [0.05, 0.1) is 4.92 Å². The van der Waals surface area contributed by atoms with Crippen molar-refractivity contribution in [3.8, 4) is 0 Å². The minimum absolute atomic E-state index is 0.00710. The fourth-order valence-corrected chi connectivity index (χ4v) is 1.98. The van der Waals surface area contributed by atoms with Gasteiger partial charge in [0.15, 0.2) is 5.58 Å². The number of hydrogen-bond acceptors (Lipinski definition) is 6. The lowest BCUT2D eigenvalue weighted by Crippen LogP contribution is -2.01. The van der Waals surface area contributed by atoms with E-state index in [0.717, 1.165) is 11.1 Å². The molecule has 106 valence electrons. The van der Waals surface area contributed by atoms with E-state index >= 15 is 0 Å². The summed E-state index contributed by atoms with van der Waals surface area (Å²) in [5.41, 5.74) is 3.11.